The first-order chi connectivity index (χ1) is 16.4. The van der Waals surface area contributed by atoms with Crippen LogP contribution in [-0.4, -0.2) is 22.6 Å². The first kappa shape index (κ1) is 22.3. The molecule has 0 aromatic heterocycles. The Bertz CT molecular complexity index is 1370. The largest absolute Gasteiger partial charge is 0.497 e. The zero-order chi connectivity index (χ0) is 23.9. The molecule has 0 spiro atoms. The molecule has 1 aliphatic heterocycles. The maximum atomic E-state index is 13.3. The van der Waals surface area contributed by atoms with Crippen molar-refractivity contribution in [3.8, 4) is 11.5 Å². The van der Waals surface area contributed by atoms with Crippen LogP contribution >= 0.6 is 0 Å². The molecule has 0 saturated carbocycles. The molecule has 3 aromatic carbocycles. The van der Waals surface area contributed by atoms with Crippen molar-refractivity contribution in [2.24, 2.45) is 5.92 Å². The Morgan fingerprint density at radius 1 is 1.00 bits per heavy atom. The summed E-state index contributed by atoms with van der Waals surface area (Å²) in [5, 5.41) is 3.68. The molecule has 0 amide bonds. The molecule has 1 aliphatic carbocycles. The zero-order valence-electron chi connectivity index (χ0n) is 19.4. The van der Waals surface area contributed by atoms with Crippen molar-refractivity contribution >= 4 is 21.4 Å². The maximum Gasteiger partial charge on any atom is 0.262 e. The number of anilines is 2. The highest BCUT2D eigenvalue weighted by atomic mass is 32.2. The summed E-state index contributed by atoms with van der Waals surface area (Å²) >= 11 is 0. The quantitative estimate of drug-likeness (QED) is 0.450. The van der Waals surface area contributed by atoms with E-state index < -0.39 is 10.0 Å². The standard InChI is InChI=1S/C27H28N2O4S/c1-17-6-4-7-18(14-17)27-22-9-5-8-21(22)23-16-20(11-12-24(23)28-27)34(30,31)29-25-15-19(32-2)10-13-26(25)33-3/h4-8,10-16,21-22,27-29H,9H2,1-3H3/t21-,22+,27+/m0/s1. The Hall–Kier alpha value is -3.45. The Morgan fingerprint density at radius 2 is 1.85 bits per heavy atom. The molecule has 0 fully saturated rings. The Labute approximate surface area is 200 Å². The second-order valence-electron chi connectivity index (χ2n) is 8.81. The second kappa shape index (κ2) is 8.72. The molecule has 0 bridgehead atoms. The number of allylic oxidation sites excluding steroid dienone is 2. The van der Waals surface area contributed by atoms with Crippen LogP contribution in [-0.2, 0) is 10.0 Å². The number of benzene rings is 3. The van der Waals surface area contributed by atoms with Gasteiger partial charge in [-0.15, -0.1) is 0 Å². The van der Waals surface area contributed by atoms with Crippen molar-refractivity contribution in [3.63, 3.8) is 0 Å². The molecule has 2 aliphatic rings. The lowest BCUT2D eigenvalue weighted by atomic mass is 9.77. The van der Waals surface area contributed by atoms with E-state index in [4.69, 9.17) is 9.47 Å². The molecular formula is C27H28N2O4S. The highest BCUT2D eigenvalue weighted by Crippen LogP contribution is 2.50. The minimum atomic E-state index is -3.84. The van der Waals surface area contributed by atoms with Crippen molar-refractivity contribution in [3.05, 3.63) is 89.5 Å². The first-order valence-electron chi connectivity index (χ1n) is 11.3. The van der Waals surface area contributed by atoms with E-state index in [2.05, 4.69) is 53.4 Å². The number of aryl methyl sites for hydroxylation is 1. The van der Waals surface area contributed by atoms with Crippen LogP contribution in [0.4, 0.5) is 11.4 Å². The molecule has 3 atom stereocenters. The molecule has 5 rings (SSSR count). The molecular weight excluding hydrogens is 448 g/mol. The third kappa shape index (κ3) is 4.01. The Morgan fingerprint density at radius 3 is 2.62 bits per heavy atom. The van der Waals surface area contributed by atoms with Crippen LogP contribution in [0.5, 0.6) is 11.5 Å². The lowest BCUT2D eigenvalue weighted by molar-refractivity contribution is 0.405. The van der Waals surface area contributed by atoms with Gasteiger partial charge in [-0.25, -0.2) is 8.42 Å². The van der Waals surface area contributed by atoms with Crippen molar-refractivity contribution in [2.75, 3.05) is 24.3 Å². The van der Waals surface area contributed by atoms with E-state index >= 15 is 0 Å². The predicted molar refractivity (Wildman–Crippen MR) is 134 cm³/mol. The number of hydrogen-bond acceptors (Lipinski definition) is 5. The van der Waals surface area contributed by atoms with Gasteiger partial charge in [0.05, 0.1) is 30.8 Å². The smallest absolute Gasteiger partial charge is 0.262 e. The van der Waals surface area contributed by atoms with E-state index in [9.17, 15) is 8.42 Å². The molecule has 2 N–H and O–H groups in total. The second-order valence-corrected chi connectivity index (χ2v) is 10.5. The molecule has 0 unspecified atom stereocenters. The van der Waals surface area contributed by atoms with Crippen LogP contribution in [0.25, 0.3) is 0 Å². The third-order valence-corrected chi connectivity index (χ3v) is 8.06. The topological polar surface area (TPSA) is 76.7 Å². The predicted octanol–water partition coefficient (Wildman–Crippen LogP) is 5.64. The number of nitrogens with one attached hydrogen (secondary N) is 2. The summed E-state index contributed by atoms with van der Waals surface area (Å²) in [7, 11) is -0.807. The number of rotatable bonds is 6. The minimum Gasteiger partial charge on any atom is -0.497 e. The van der Waals surface area contributed by atoms with Crippen LogP contribution in [0.1, 0.15) is 35.1 Å². The van der Waals surface area contributed by atoms with Gasteiger partial charge in [0.2, 0.25) is 0 Å². The lowest BCUT2D eigenvalue weighted by Crippen LogP contribution is -2.29. The number of fused-ring (bicyclic) bond motifs is 3. The van der Waals surface area contributed by atoms with Crippen LogP contribution in [0.2, 0.25) is 0 Å². The van der Waals surface area contributed by atoms with Crippen LogP contribution in [0.3, 0.4) is 0 Å². The van der Waals surface area contributed by atoms with Crippen molar-refractivity contribution in [1.29, 1.82) is 0 Å². The van der Waals surface area contributed by atoms with E-state index in [1.165, 1.54) is 25.3 Å². The molecule has 34 heavy (non-hydrogen) atoms. The summed E-state index contributed by atoms with van der Waals surface area (Å²) in [6.07, 6.45) is 5.36. The number of hydrogen-bond donors (Lipinski definition) is 2. The van der Waals surface area contributed by atoms with Crippen molar-refractivity contribution in [1.82, 2.24) is 0 Å². The number of sulfonamides is 1. The fourth-order valence-electron chi connectivity index (χ4n) is 5.03. The SMILES string of the molecule is COc1ccc(OC)c(NS(=O)(=O)c2ccc3c(c2)[C@H]2C=CC[C@H]2[C@@H](c2cccc(C)c2)N3)c1. The maximum absolute atomic E-state index is 13.3. The van der Waals surface area contributed by atoms with Gasteiger partial charge in [0.15, 0.2) is 0 Å². The highest BCUT2D eigenvalue weighted by molar-refractivity contribution is 7.92. The van der Waals surface area contributed by atoms with Gasteiger partial charge in [-0.2, -0.15) is 0 Å². The fraction of sp³-hybridized carbons (Fsp3) is 0.259. The van der Waals surface area contributed by atoms with Gasteiger partial charge < -0.3 is 14.8 Å². The third-order valence-electron chi connectivity index (χ3n) is 6.70. The van der Waals surface area contributed by atoms with E-state index in [0.717, 1.165) is 17.7 Å². The van der Waals surface area contributed by atoms with Crippen LogP contribution in [0.15, 0.2) is 77.7 Å². The molecule has 1 heterocycles. The molecule has 0 radical (unpaired) electrons. The molecule has 7 heteroatoms. The summed E-state index contributed by atoms with van der Waals surface area (Å²) in [6, 6.07) is 19.1. The lowest BCUT2D eigenvalue weighted by Gasteiger charge is -2.37. The number of methoxy groups -OCH3 is 2. The van der Waals surface area contributed by atoms with Gasteiger partial charge >= 0.3 is 0 Å². The summed E-state index contributed by atoms with van der Waals surface area (Å²) in [5.41, 5.74) is 4.79. The van der Waals surface area contributed by atoms with E-state index in [1.807, 2.05) is 6.07 Å². The minimum absolute atomic E-state index is 0.156. The first-order valence-corrected chi connectivity index (χ1v) is 12.8. The average Bonchev–Trinajstić information content (AvgIpc) is 3.33. The van der Waals surface area contributed by atoms with E-state index in [0.29, 0.717) is 23.1 Å². The molecule has 3 aromatic rings. The summed E-state index contributed by atoms with van der Waals surface area (Å²) in [5.74, 6) is 1.44. The van der Waals surface area contributed by atoms with Gasteiger partial charge in [-0.05, 0) is 60.7 Å². The fourth-order valence-corrected chi connectivity index (χ4v) is 6.13. The van der Waals surface area contributed by atoms with Crippen molar-refractivity contribution in [2.45, 2.75) is 30.2 Å². The summed E-state index contributed by atoms with van der Waals surface area (Å²) in [4.78, 5) is 0.214. The van der Waals surface area contributed by atoms with Crippen LogP contribution in [0, 0.1) is 12.8 Å². The monoisotopic (exact) mass is 476 g/mol. The van der Waals surface area contributed by atoms with Gasteiger partial charge in [0.1, 0.15) is 11.5 Å². The van der Waals surface area contributed by atoms with Crippen LogP contribution < -0.4 is 19.5 Å². The molecule has 176 valence electrons. The van der Waals surface area contributed by atoms with Gasteiger partial charge in [-0.3, -0.25) is 4.72 Å². The van der Waals surface area contributed by atoms with Crippen molar-refractivity contribution < 1.29 is 17.9 Å². The average molecular weight is 477 g/mol. The highest BCUT2D eigenvalue weighted by Gasteiger charge is 2.38. The molecule has 6 nitrogen and oxygen atoms in total. The normalized spacial score (nSPS) is 20.7. The van der Waals surface area contributed by atoms with E-state index in [1.54, 1.807) is 30.3 Å². The van der Waals surface area contributed by atoms with E-state index in [-0.39, 0.29) is 16.9 Å². The Kier molecular flexibility index (Phi) is 5.73. The van der Waals surface area contributed by atoms with Gasteiger partial charge in [0, 0.05) is 17.7 Å². The van der Waals surface area contributed by atoms with Gasteiger partial charge in [0.25, 0.3) is 10.0 Å². The Balaban J connectivity index is 1.49. The number of ether oxygens (including phenoxy) is 2. The zero-order valence-corrected chi connectivity index (χ0v) is 20.2. The molecule has 0 saturated heterocycles. The summed E-state index contributed by atoms with van der Waals surface area (Å²) in [6.45, 7) is 2.10. The summed E-state index contributed by atoms with van der Waals surface area (Å²) < 4.78 is 39.9. The van der Waals surface area contributed by atoms with Gasteiger partial charge in [-0.1, -0.05) is 42.0 Å².